The SMILES string of the molecule is CC[C@H]1O[C@@H](n2cc(C)c(=O)[nH]c2=O)C[C@H]1OP(O)(=S)OC[C@H]1O[C@@H](n2cc(C)c(=O)[nH]c2=O)C[C@H]1OP(=O)(O)OC[C@H]1O[C@@H](n2cc(C)c(N)nc2=O)C(OCCOC)[C@H]1OP(=O)(O)OC[C@H]1O[C@@H](n2cc(C)c(=O)[nH]c2=O)C(OCCOC)[C@H]1OP(O)(=S)OC[C@H]1O[C@@H](n2cc(C)c(=O)[nH]c2=O)C(OCCOC)[C@H]1OP(O)(=S)OC[C@H]1O[C@@H](n2cnc3c(N)ccnc32)C(OCCOC)[C@H]1O. The van der Waals surface area contributed by atoms with Gasteiger partial charge in [0.25, 0.3) is 22.2 Å². The van der Waals surface area contributed by atoms with Crippen molar-refractivity contribution in [3.05, 3.63) is 171 Å². The zero-order valence-corrected chi connectivity index (χ0v) is 82.2. The molecule has 64 heteroatoms. The Morgan fingerprint density at radius 3 is 1.22 bits per heavy atom. The van der Waals surface area contributed by atoms with Gasteiger partial charge in [0.1, 0.15) is 109 Å². The van der Waals surface area contributed by atoms with Gasteiger partial charge in [0.2, 0.25) is 0 Å². The molecule has 6 saturated heterocycles. The van der Waals surface area contributed by atoms with Gasteiger partial charge in [0.05, 0.1) is 110 Å². The number of aromatic amines is 4. The summed E-state index contributed by atoms with van der Waals surface area (Å²) in [6.45, 7) is -12.3. The molecule has 13 heterocycles. The topological polar surface area (TPSA) is 714 Å². The Morgan fingerprint density at radius 1 is 0.420 bits per heavy atom. The van der Waals surface area contributed by atoms with Crippen LogP contribution in [0.15, 0.2) is 92.7 Å². The summed E-state index contributed by atoms with van der Waals surface area (Å²) in [7, 11) is -6.26. The van der Waals surface area contributed by atoms with Gasteiger partial charge in [0.15, 0.2) is 30.6 Å². The van der Waals surface area contributed by atoms with E-state index in [0.29, 0.717) is 5.52 Å². The molecule has 27 atom stereocenters. The number of hydrogen-bond acceptors (Lipinski definition) is 44. The number of fused-ring (bicyclic) bond motifs is 1. The number of aliphatic hydroxyl groups excluding tert-OH is 1. The van der Waals surface area contributed by atoms with E-state index in [1.54, 1.807) is 6.92 Å². The summed E-state index contributed by atoms with van der Waals surface area (Å²) in [4.78, 5) is 201. The summed E-state index contributed by atoms with van der Waals surface area (Å²) >= 11 is 16.9. The maximum absolute atomic E-state index is 15.2. The van der Waals surface area contributed by atoms with Crippen molar-refractivity contribution in [3.63, 3.8) is 0 Å². The molecule has 6 fully saturated rings. The second-order valence-electron chi connectivity index (χ2n) is 32.2. The van der Waals surface area contributed by atoms with Crippen LogP contribution in [0.1, 0.15) is 91.4 Å². The number of methoxy groups -OCH3 is 4. The molecule has 0 amide bonds. The second-order valence-corrected chi connectivity index (χ2v) is 43.3. The van der Waals surface area contributed by atoms with Crippen LogP contribution >= 0.6 is 35.8 Å². The van der Waals surface area contributed by atoms with Crippen molar-refractivity contribution < 1.29 is 150 Å². The average Bonchev–Trinajstić information content (AvgIpc) is 1.62. The van der Waals surface area contributed by atoms with Crippen LogP contribution < -0.4 is 62.2 Å². The number of aromatic nitrogens is 13. The van der Waals surface area contributed by atoms with Crippen molar-refractivity contribution in [1.82, 2.24) is 62.3 Å². The molecule has 14 N–H and O–H groups in total. The number of H-pyrrole nitrogens is 4. The number of hydrogen-bond donors (Lipinski definition) is 12. The molecule has 13 rings (SSSR count). The van der Waals surface area contributed by atoms with Crippen LogP contribution in [0.3, 0.4) is 0 Å². The van der Waals surface area contributed by atoms with Gasteiger partial charge in [-0.05, 0) is 82.5 Å². The number of imidazole rings is 1. The lowest BCUT2D eigenvalue weighted by atomic mass is 10.1. The van der Waals surface area contributed by atoms with Gasteiger partial charge in [-0.2, -0.15) is 4.98 Å². The molecule has 0 spiro atoms. The Hall–Kier alpha value is -6.97. The lowest BCUT2D eigenvalue weighted by Crippen LogP contribution is -2.42. The van der Waals surface area contributed by atoms with Crippen LogP contribution in [0, 0.1) is 34.6 Å². The predicted molar refractivity (Wildman–Crippen MR) is 483 cm³/mol. The normalized spacial score (nSPS) is 29.4. The Morgan fingerprint density at radius 2 is 0.775 bits per heavy atom. The van der Waals surface area contributed by atoms with Crippen LogP contribution in [-0.2, 0) is 156 Å². The molecule has 766 valence electrons. The Labute approximate surface area is 795 Å². The number of aliphatic hydroxyl groups is 1. The van der Waals surface area contributed by atoms with E-state index in [1.165, 1.54) is 98.6 Å². The van der Waals surface area contributed by atoms with E-state index in [4.69, 9.17) is 158 Å². The Kier molecular flexibility index (Phi) is 36.4. The van der Waals surface area contributed by atoms with Gasteiger partial charge in [-0.25, -0.2) is 43.1 Å². The van der Waals surface area contributed by atoms with E-state index < -0.39 is 274 Å². The monoisotopic (exact) mass is 2110 g/mol. The van der Waals surface area contributed by atoms with Crippen molar-refractivity contribution >= 4 is 93.9 Å². The fraction of sp³-hybridized carbons (Fsp3) is 0.649. The van der Waals surface area contributed by atoms with E-state index in [2.05, 4.69) is 34.9 Å². The molecule has 6 aliphatic heterocycles. The smallest absolute Gasteiger partial charge is 0.397 e. The molecular formula is C74H106N15O41P5S3. The summed E-state index contributed by atoms with van der Waals surface area (Å²) in [5.41, 5.74) is 5.18. The molecule has 7 aromatic rings. The highest BCUT2D eigenvalue weighted by molar-refractivity contribution is 8.07. The van der Waals surface area contributed by atoms with E-state index >= 15 is 4.57 Å². The third-order valence-electron chi connectivity index (χ3n) is 22.6. The molecule has 9 unspecified atom stereocenters. The summed E-state index contributed by atoms with van der Waals surface area (Å²) < 4.78 is 179. The number of aryl methyl sites for hydroxylation is 5. The summed E-state index contributed by atoms with van der Waals surface area (Å²) in [5.74, 6) is -0.246. The van der Waals surface area contributed by atoms with Crippen LogP contribution in [-0.4, -0.2) is 304 Å². The van der Waals surface area contributed by atoms with Crippen molar-refractivity contribution in [1.29, 1.82) is 0 Å². The van der Waals surface area contributed by atoms with Gasteiger partial charge in [0, 0.05) is 106 Å². The highest BCUT2D eigenvalue weighted by Gasteiger charge is 2.57. The number of nitrogens with zero attached hydrogens (tertiary/aromatic N) is 9. The van der Waals surface area contributed by atoms with Gasteiger partial charge in [-0.1, -0.05) is 6.92 Å². The number of pyridine rings is 1. The number of phosphoric acid groups is 2. The summed E-state index contributed by atoms with van der Waals surface area (Å²) in [5, 5.41) is 11.9. The van der Waals surface area contributed by atoms with E-state index in [9.17, 15) is 77.3 Å². The highest BCUT2D eigenvalue weighted by Crippen LogP contribution is 2.57. The molecule has 0 bridgehead atoms. The summed E-state index contributed by atoms with van der Waals surface area (Å²) in [6, 6.07) is 1.53. The third kappa shape index (κ3) is 26.0. The molecular weight excluding hydrogens is 2010 g/mol. The zero-order valence-electron chi connectivity index (χ0n) is 75.2. The highest BCUT2D eigenvalue weighted by atomic mass is 32.5. The van der Waals surface area contributed by atoms with Crippen LogP contribution in [0.5, 0.6) is 0 Å². The third-order valence-corrected chi connectivity index (χ3v) is 29.3. The minimum absolute atomic E-state index is 0.0128. The maximum Gasteiger partial charge on any atom is 0.472 e. The lowest BCUT2D eigenvalue weighted by Gasteiger charge is -2.30. The number of rotatable bonds is 48. The van der Waals surface area contributed by atoms with Crippen molar-refractivity contribution in [2.45, 2.75) is 196 Å². The first-order valence-electron chi connectivity index (χ1n) is 42.4. The molecule has 7 aromatic heterocycles. The molecule has 138 heavy (non-hydrogen) atoms. The van der Waals surface area contributed by atoms with Crippen molar-refractivity contribution in [2.24, 2.45) is 0 Å². The first kappa shape index (κ1) is 108. The number of phosphoric ester groups is 2. The van der Waals surface area contributed by atoms with Crippen molar-refractivity contribution in [2.75, 3.05) is 126 Å². The maximum atomic E-state index is 15.2. The van der Waals surface area contributed by atoms with Crippen LogP contribution in [0.25, 0.3) is 11.2 Å². The fourth-order valence-electron chi connectivity index (χ4n) is 15.8. The van der Waals surface area contributed by atoms with E-state index in [1.807, 2.05) is 0 Å². The molecule has 0 aliphatic carbocycles. The standard InChI is InChI=1S/C74H106N15O41P5S3/c1-11-41-42(22-49(120-41)84-25-36(3)62(91)80-71(84)96)127-133(104,136)117-29-44-43(23-50(121-44)85-26-37(4)63(92)81-72(85)97)126-131(100,101)115-31-46-53(57(112-19-15-108-8)67(123-46)86-24-35(2)60(76)79-70(86)95)128-132(102,103)116-32-47-54(58(113-20-16-109-9)68(124-47)87-27-38(5)64(93)82-73(87)98)129-135(106,138)119-33-48-55(59(114-21-17-110-10)69(125-48)88-28-39(6)65(94)83-74(88)99)130-134(105,137)118-30-45-52(90)56(111-18-14-107-7)66(122-45)89-34-78-51-40(75)12-13-77-61(51)89/h12-13,24-28,34,41-50,52-59,66-69,90H,11,14-23,29-33H2,1-10H3,(H2,75,77)(H,100,101)(H,102,103)(H,104,136)(H,105,137)(H,106,138)(H2,76,79,95)(H,80,91,96)(H,81,92,97)(H,82,93,98)(H,83,94,99)/t41-,42-,43-,44-,45-,46-,47-,48-,49-,50-,52+,53+,54+,55+,56?,57?,58?,59?,66-,67-,68-,69-,133?,134?,135?/m1/s1. The number of nitrogens with two attached hydrogens (primary N) is 2. The van der Waals surface area contributed by atoms with Crippen LogP contribution in [0.4, 0.5) is 11.5 Å². The van der Waals surface area contributed by atoms with Crippen molar-refractivity contribution in [3.8, 4) is 0 Å². The minimum Gasteiger partial charge on any atom is -0.397 e. The van der Waals surface area contributed by atoms with E-state index in [0.717, 1.165) is 41.4 Å². The fourth-order valence-corrected chi connectivity index (χ4v) is 22.0. The quantitative estimate of drug-likeness (QED) is 0.0153. The van der Waals surface area contributed by atoms with Gasteiger partial charge >= 0.3 is 64.2 Å². The number of nitrogens with one attached hydrogen (secondary N) is 4. The average molecular weight is 2110 g/mol. The predicted octanol–water partition coefficient (Wildman–Crippen LogP) is -1.48. The van der Waals surface area contributed by atoms with Gasteiger partial charge < -0.3 is 125 Å². The molecule has 0 saturated carbocycles. The zero-order chi connectivity index (χ0) is 99.9. The van der Waals surface area contributed by atoms with Gasteiger partial charge in [-0.15, -0.1) is 0 Å². The second kappa shape index (κ2) is 46.4. The molecule has 6 aliphatic rings. The number of anilines is 2. The van der Waals surface area contributed by atoms with E-state index in [-0.39, 0.29) is 97.5 Å². The first-order valence-corrected chi connectivity index (χ1v) is 53.1. The molecule has 56 nitrogen and oxygen atoms in total. The number of ether oxygens (including phenoxy) is 14. The Balaban J connectivity index is 0.775. The summed E-state index contributed by atoms with van der Waals surface area (Å²) in [6.07, 6.45) is -26.7. The molecule has 0 radical (unpaired) electrons. The number of nitrogen functional groups attached to an aromatic ring is 2. The Bertz CT molecular complexity index is 6300. The minimum atomic E-state index is -5.93. The molecule has 0 aromatic carbocycles. The first-order chi connectivity index (χ1) is 65.3. The largest absolute Gasteiger partial charge is 0.472 e. The lowest BCUT2D eigenvalue weighted by molar-refractivity contribution is -0.0849. The van der Waals surface area contributed by atoms with Crippen LogP contribution in [0.2, 0.25) is 0 Å². The van der Waals surface area contributed by atoms with Gasteiger partial charge in [-0.3, -0.25) is 93.7 Å².